The molecule has 0 atom stereocenters. The molecule has 0 heterocycles. The third-order valence-corrected chi connectivity index (χ3v) is 7.80. The molecule has 0 aliphatic rings. The average molecular weight is 603 g/mol. The summed E-state index contributed by atoms with van der Waals surface area (Å²) in [6, 6.07) is 27.9. The molecule has 0 radical (unpaired) electrons. The molecule has 0 spiro atoms. The number of nitrogens with one attached hydrogen (secondary N) is 2. The Morgan fingerprint density at radius 3 is 2.12 bits per heavy atom. The zero-order chi connectivity index (χ0) is 30.7. The van der Waals surface area contributed by atoms with Crippen LogP contribution in [0.15, 0.2) is 113 Å². The third-order valence-electron chi connectivity index (χ3n) is 6.01. The van der Waals surface area contributed by atoms with Crippen molar-refractivity contribution < 1.29 is 32.2 Å². The van der Waals surface area contributed by atoms with E-state index >= 15 is 0 Å². The van der Waals surface area contributed by atoms with E-state index in [1.165, 1.54) is 44.7 Å². The van der Waals surface area contributed by atoms with Gasteiger partial charge in [-0.2, -0.15) is 5.10 Å². The number of sulfonamides is 1. The molecule has 2 amide bonds. The normalized spacial score (nSPS) is 11.0. The van der Waals surface area contributed by atoms with Crippen LogP contribution < -0.4 is 29.3 Å². The lowest BCUT2D eigenvalue weighted by Crippen LogP contribution is -2.39. The van der Waals surface area contributed by atoms with Crippen molar-refractivity contribution in [3.63, 3.8) is 0 Å². The summed E-state index contributed by atoms with van der Waals surface area (Å²) < 4.78 is 43.8. The molecule has 0 fully saturated rings. The molecule has 0 saturated carbocycles. The zero-order valence-electron chi connectivity index (χ0n) is 23.5. The highest BCUT2D eigenvalue weighted by atomic mass is 32.2. The van der Waals surface area contributed by atoms with Gasteiger partial charge in [0.1, 0.15) is 23.8 Å². The van der Waals surface area contributed by atoms with Gasteiger partial charge in [-0.1, -0.05) is 30.3 Å². The van der Waals surface area contributed by atoms with Crippen LogP contribution in [0.4, 0.5) is 11.4 Å². The van der Waals surface area contributed by atoms with Gasteiger partial charge in [0.05, 0.1) is 36.7 Å². The van der Waals surface area contributed by atoms with Crippen LogP contribution >= 0.6 is 0 Å². The fourth-order valence-corrected chi connectivity index (χ4v) is 5.28. The maximum atomic E-state index is 13.4. The smallest absolute Gasteiger partial charge is 0.264 e. The van der Waals surface area contributed by atoms with Crippen molar-refractivity contribution in [2.24, 2.45) is 5.10 Å². The first-order valence-electron chi connectivity index (χ1n) is 13.0. The van der Waals surface area contributed by atoms with Crippen LogP contribution in [0.1, 0.15) is 5.56 Å². The minimum Gasteiger partial charge on any atom is -0.497 e. The van der Waals surface area contributed by atoms with Crippen molar-refractivity contribution >= 4 is 39.4 Å². The first-order valence-corrected chi connectivity index (χ1v) is 14.4. The number of hydrogen-bond donors (Lipinski definition) is 2. The molecule has 0 aliphatic carbocycles. The number of carbonyl (C=O) groups is 2. The van der Waals surface area contributed by atoms with Crippen molar-refractivity contribution in [2.75, 3.05) is 37.0 Å². The lowest BCUT2D eigenvalue weighted by molar-refractivity contribution is -0.119. The molecule has 43 heavy (non-hydrogen) atoms. The minimum atomic E-state index is -4.07. The second-order valence-corrected chi connectivity index (χ2v) is 10.8. The second-order valence-electron chi connectivity index (χ2n) is 8.92. The predicted octanol–water partition coefficient (Wildman–Crippen LogP) is 4.07. The highest BCUT2D eigenvalue weighted by Gasteiger charge is 2.27. The molecule has 222 valence electrons. The summed E-state index contributed by atoms with van der Waals surface area (Å²) in [6.07, 6.45) is 1.40. The molecule has 2 N–H and O–H groups in total. The van der Waals surface area contributed by atoms with Crippen LogP contribution in [0.25, 0.3) is 0 Å². The lowest BCUT2D eigenvalue weighted by Gasteiger charge is -2.23. The molecular weight excluding hydrogens is 572 g/mol. The largest absolute Gasteiger partial charge is 0.497 e. The molecule has 4 aromatic carbocycles. The summed E-state index contributed by atoms with van der Waals surface area (Å²) in [5.41, 5.74) is 3.87. The quantitative estimate of drug-likeness (QED) is 0.174. The first-order chi connectivity index (χ1) is 20.8. The van der Waals surface area contributed by atoms with Crippen LogP contribution in [-0.2, 0) is 19.6 Å². The number of ether oxygens (including phenoxy) is 3. The number of hydrazone groups is 1. The van der Waals surface area contributed by atoms with Crippen molar-refractivity contribution in [1.29, 1.82) is 0 Å². The summed E-state index contributed by atoms with van der Waals surface area (Å²) >= 11 is 0. The molecule has 0 unspecified atom stereocenters. The maximum absolute atomic E-state index is 13.4. The van der Waals surface area contributed by atoms with Crippen LogP contribution in [0, 0.1) is 0 Å². The van der Waals surface area contributed by atoms with Gasteiger partial charge in [-0.25, -0.2) is 13.8 Å². The number of anilines is 2. The SMILES string of the molecule is COc1ccc(S(=O)(=O)N(CC(=O)N/N=C\c2ccc(OCC(=O)Nc3ccccc3OC)cc2)c2ccccc2)cc1. The second kappa shape index (κ2) is 14.5. The summed E-state index contributed by atoms with van der Waals surface area (Å²) in [4.78, 5) is 25.0. The van der Waals surface area contributed by atoms with Gasteiger partial charge < -0.3 is 19.5 Å². The molecule has 0 aliphatic heterocycles. The van der Waals surface area contributed by atoms with Gasteiger partial charge >= 0.3 is 0 Å². The molecule has 0 aromatic heterocycles. The Hall–Kier alpha value is -5.36. The van der Waals surface area contributed by atoms with Gasteiger partial charge in [0, 0.05) is 0 Å². The highest BCUT2D eigenvalue weighted by molar-refractivity contribution is 7.92. The Bertz CT molecular complexity index is 1660. The van der Waals surface area contributed by atoms with E-state index in [0.717, 1.165) is 4.31 Å². The van der Waals surface area contributed by atoms with E-state index in [9.17, 15) is 18.0 Å². The van der Waals surface area contributed by atoms with E-state index in [2.05, 4.69) is 15.8 Å². The van der Waals surface area contributed by atoms with Crippen molar-refractivity contribution in [3.05, 3.63) is 109 Å². The summed E-state index contributed by atoms with van der Waals surface area (Å²) in [7, 11) is -1.07. The Labute approximate surface area is 249 Å². The number of amides is 2. The molecule has 12 heteroatoms. The fraction of sp³-hybridized carbons (Fsp3) is 0.129. The van der Waals surface area contributed by atoms with Gasteiger partial charge in [0.25, 0.3) is 21.8 Å². The number of carbonyl (C=O) groups excluding carboxylic acids is 2. The highest BCUT2D eigenvalue weighted by Crippen LogP contribution is 2.25. The zero-order valence-corrected chi connectivity index (χ0v) is 24.3. The van der Waals surface area contributed by atoms with Gasteiger partial charge in [-0.05, 0) is 78.4 Å². The third kappa shape index (κ3) is 8.33. The Morgan fingerprint density at radius 1 is 0.791 bits per heavy atom. The van der Waals surface area contributed by atoms with E-state index in [1.54, 1.807) is 78.9 Å². The number of benzene rings is 4. The molecule has 0 saturated heterocycles. The first kappa shape index (κ1) is 30.6. The molecule has 11 nitrogen and oxygen atoms in total. The van der Waals surface area contributed by atoms with Crippen LogP contribution in [-0.4, -0.2) is 53.8 Å². The van der Waals surface area contributed by atoms with Gasteiger partial charge in [-0.3, -0.25) is 13.9 Å². The predicted molar refractivity (Wildman–Crippen MR) is 163 cm³/mol. The molecule has 0 bridgehead atoms. The number of methoxy groups -OCH3 is 2. The maximum Gasteiger partial charge on any atom is 0.264 e. The fourth-order valence-electron chi connectivity index (χ4n) is 3.86. The monoisotopic (exact) mass is 602 g/mol. The van der Waals surface area contributed by atoms with Crippen LogP contribution in [0.5, 0.6) is 17.2 Å². The van der Waals surface area contributed by atoms with E-state index in [4.69, 9.17) is 14.2 Å². The minimum absolute atomic E-state index is 0.00744. The Kier molecular flexibility index (Phi) is 10.3. The van der Waals surface area contributed by atoms with E-state index in [-0.39, 0.29) is 17.4 Å². The average Bonchev–Trinajstić information content (AvgIpc) is 3.04. The topological polar surface area (TPSA) is 136 Å². The standard InChI is InChI=1S/C31H30N4O7S/c1-40-25-16-18-27(19-17-25)43(38,39)35(24-8-4-3-5-9-24)21-30(36)34-32-20-23-12-14-26(15-13-23)42-22-31(37)33-28-10-6-7-11-29(28)41-2/h3-20H,21-22H2,1-2H3,(H,33,37)(H,34,36)/b32-20-. The number of nitrogens with zero attached hydrogens (tertiary/aromatic N) is 2. The van der Waals surface area contributed by atoms with Gasteiger partial charge in [-0.15, -0.1) is 0 Å². The molecule has 4 rings (SSSR count). The molecule has 4 aromatic rings. The van der Waals surface area contributed by atoms with Crippen LogP contribution in [0.3, 0.4) is 0 Å². The summed E-state index contributed by atoms with van der Waals surface area (Å²) in [5.74, 6) is 0.512. The van der Waals surface area contributed by atoms with Crippen molar-refractivity contribution in [1.82, 2.24) is 5.43 Å². The van der Waals surface area contributed by atoms with Crippen molar-refractivity contribution in [3.8, 4) is 17.2 Å². The lowest BCUT2D eigenvalue weighted by atomic mass is 10.2. The van der Waals surface area contributed by atoms with Crippen molar-refractivity contribution in [2.45, 2.75) is 4.90 Å². The number of para-hydroxylation sites is 3. The molecular formula is C31H30N4O7S. The van der Waals surface area contributed by atoms with Gasteiger partial charge in [0.15, 0.2) is 6.61 Å². The van der Waals surface area contributed by atoms with Crippen LogP contribution in [0.2, 0.25) is 0 Å². The summed E-state index contributed by atoms with van der Waals surface area (Å²) in [6.45, 7) is -0.710. The van der Waals surface area contributed by atoms with E-state index in [1.807, 2.05) is 0 Å². The van der Waals surface area contributed by atoms with Gasteiger partial charge in [0.2, 0.25) is 0 Å². The number of hydrogen-bond acceptors (Lipinski definition) is 8. The number of rotatable bonds is 13. The van der Waals surface area contributed by atoms with E-state index in [0.29, 0.717) is 34.2 Å². The Morgan fingerprint density at radius 2 is 1.44 bits per heavy atom. The van der Waals surface area contributed by atoms with E-state index < -0.39 is 22.5 Å². The summed E-state index contributed by atoms with van der Waals surface area (Å²) in [5, 5.41) is 6.69. The Balaban J connectivity index is 1.33.